The molecular weight excluding hydrogens is 300 g/mol. The molecule has 0 radical (unpaired) electrons. The predicted octanol–water partition coefficient (Wildman–Crippen LogP) is 3.09. The lowest BCUT2D eigenvalue weighted by molar-refractivity contribution is 0.0833. The molecule has 1 aliphatic carbocycles. The molecule has 5 heteroatoms. The van der Waals surface area contributed by atoms with E-state index in [2.05, 4.69) is 20.4 Å². The minimum atomic E-state index is -0.0528. The number of nitrogens with one attached hydrogen (secondary N) is 2. The second kappa shape index (κ2) is 6.93. The van der Waals surface area contributed by atoms with Gasteiger partial charge in [0.25, 0.3) is 5.91 Å². The van der Waals surface area contributed by atoms with Crippen molar-refractivity contribution in [3.63, 3.8) is 0 Å². The third-order valence-corrected chi connectivity index (χ3v) is 5.56. The van der Waals surface area contributed by atoms with E-state index in [1.807, 2.05) is 24.3 Å². The minimum absolute atomic E-state index is 0.0528. The molecule has 2 N–H and O–H groups in total. The molecule has 4 rings (SSSR count). The number of fused-ring (bicyclic) bond motifs is 1. The smallest absolute Gasteiger partial charge is 0.272 e. The average molecular weight is 326 g/mol. The highest BCUT2D eigenvalue weighted by Gasteiger charge is 2.28. The number of amides is 1. The molecule has 0 bridgehead atoms. The molecule has 2 aliphatic rings. The van der Waals surface area contributed by atoms with E-state index in [4.69, 9.17) is 0 Å². The predicted molar refractivity (Wildman–Crippen MR) is 95.0 cm³/mol. The fourth-order valence-electron chi connectivity index (χ4n) is 4.29. The Bertz CT molecular complexity index is 704. The number of rotatable bonds is 3. The van der Waals surface area contributed by atoms with E-state index >= 15 is 0 Å². The third-order valence-electron chi connectivity index (χ3n) is 5.56. The van der Waals surface area contributed by atoms with Crippen molar-refractivity contribution in [2.24, 2.45) is 0 Å². The van der Waals surface area contributed by atoms with E-state index in [1.165, 1.54) is 45.1 Å². The van der Waals surface area contributed by atoms with Gasteiger partial charge in [0.2, 0.25) is 0 Å². The Hall–Kier alpha value is -1.88. The topological polar surface area (TPSA) is 61.0 Å². The van der Waals surface area contributed by atoms with Crippen LogP contribution in [0.2, 0.25) is 0 Å². The average Bonchev–Trinajstić information content (AvgIpc) is 3.07. The highest BCUT2D eigenvalue weighted by molar-refractivity contribution is 6.04. The maximum Gasteiger partial charge on any atom is 0.272 e. The van der Waals surface area contributed by atoms with Crippen molar-refractivity contribution in [2.75, 3.05) is 13.1 Å². The van der Waals surface area contributed by atoms with Gasteiger partial charge in [-0.05, 0) is 38.3 Å². The number of piperidine rings is 1. The third kappa shape index (κ3) is 3.18. The molecule has 2 aromatic rings. The number of likely N-dealkylation sites (tertiary alicyclic amines) is 1. The first-order chi connectivity index (χ1) is 11.8. The number of carbonyl (C=O) groups excluding carboxylic acids is 1. The molecule has 0 spiro atoms. The quantitative estimate of drug-likeness (QED) is 0.911. The van der Waals surface area contributed by atoms with Crippen LogP contribution >= 0.6 is 0 Å². The van der Waals surface area contributed by atoms with Crippen molar-refractivity contribution < 1.29 is 4.79 Å². The van der Waals surface area contributed by atoms with E-state index in [0.717, 1.165) is 29.9 Å². The number of nitrogens with zero attached hydrogens (tertiary/aromatic N) is 2. The molecule has 1 saturated heterocycles. The summed E-state index contributed by atoms with van der Waals surface area (Å²) in [4.78, 5) is 15.3. The lowest BCUT2D eigenvalue weighted by Crippen LogP contribution is -2.51. The molecular formula is C19H26N4O. The lowest BCUT2D eigenvalue weighted by Gasteiger charge is -2.40. The van der Waals surface area contributed by atoms with Crippen LogP contribution in [0.5, 0.6) is 0 Å². The summed E-state index contributed by atoms with van der Waals surface area (Å²) in [7, 11) is 0. The van der Waals surface area contributed by atoms with Gasteiger partial charge in [-0.15, -0.1) is 0 Å². The normalized spacial score (nSPS) is 23.4. The molecule has 1 aromatic carbocycles. The van der Waals surface area contributed by atoms with Crippen molar-refractivity contribution in [3.8, 4) is 0 Å². The highest BCUT2D eigenvalue weighted by atomic mass is 16.2. The van der Waals surface area contributed by atoms with Crippen LogP contribution in [0.4, 0.5) is 0 Å². The number of H-pyrrole nitrogens is 1. The van der Waals surface area contributed by atoms with Crippen molar-refractivity contribution in [3.05, 3.63) is 30.0 Å². The van der Waals surface area contributed by atoms with Gasteiger partial charge in [0, 0.05) is 24.0 Å². The fraction of sp³-hybridized carbons (Fsp3) is 0.579. The monoisotopic (exact) mass is 326 g/mol. The van der Waals surface area contributed by atoms with Gasteiger partial charge in [0.15, 0.2) is 5.69 Å². The molecule has 1 aliphatic heterocycles. The molecule has 24 heavy (non-hydrogen) atoms. The van der Waals surface area contributed by atoms with Crippen molar-refractivity contribution >= 4 is 16.8 Å². The van der Waals surface area contributed by atoms with Crippen molar-refractivity contribution in [1.29, 1.82) is 0 Å². The standard InChI is InChI=1S/C19H26N4O/c24-19(18-16-10-4-5-11-17(16)21-22-18)20-14-7-6-12-23(13-14)15-8-2-1-3-9-15/h4-5,10-11,14-15H,1-3,6-9,12-13H2,(H,20,24)(H,21,22). The van der Waals surface area contributed by atoms with Gasteiger partial charge in [0.05, 0.1) is 5.52 Å². The molecule has 1 amide bonds. The zero-order chi connectivity index (χ0) is 16.4. The van der Waals surface area contributed by atoms with Gasteiger partial charge in [-0.1, -0.05) is 37.5 Å². The van der Waals surface area contributed by atoms with E-state index in [0.29, 0.717) is 5.69 Å². The minimum Gasteiger partial charge on any atom is -0.347 e. The summed E-state index contributed by atoms with van der Waals surface area (Å²) in [5, 5.41) is 11.3. The Morgan fingerprint density at radius 3 is 2.83 bits per heavy atom. The maximum atomic E-state index is 12.7. The van der Waals surface area contributed by atoms with Gasteiger partial charge in [-0.3, -0.25) is 14.8 Å². The Kier molecular flexibility index (Phi) is 4.52. The first kappa shape index (κ1) is 15.6. The van der Waals surface area contributed by atoms with Crippen LogP contribution in [0.25, 0.3) is 10.9 Å². The molecule has 1 saturated carbocycles. The molecule has 2 heterocycles. The number of aromatic nitrogens is 2. The van der Waals surface area contributed by atoms with Gasteiger partial charge < -0.3 is 5.32 Å². The van der Waals surface area contributed by atoms with Crippen LogP contribution in [0.15, 0.2) is 24.3 Å². The Balaban J connectivity index is 1.41. The maximum absolute atomic E-state index is 12.7. The molecule has 1 aromatic heterocycles. The number of hydrogen-bond donors (Lipinski definition) is 2. The van der Waals surface area contributed by atoms with E-state index in [1.54, 1.807) is 0 Å². The van der Waals surface area contributed by atoms with E-state index in [9.17, 15) is 4.79 Å². The first-order valence-electron chi connectivity index (χ1n) is 9.29. The van der Waals surface area contributed by atoms with Crippen LogP contribution in [-0.2, 0) is 0 Å². The number of hydrogen-bond acceptors (Lipinski definition) is 3. The summed E-state index contributed by atoms with van der Waals surface area (Å²) in [5.74, 6) is -0.0528. The van der Waals surface area contributed by atoms with Gasteiger partial charge in [-0.2, -0.15) is 5.10 Å². The number of para-hydroxylation sites is 1. The summed E-state index contributed by atoms with van der Waals surface area (Å²) < 4.78 is 0. The highest BCUT2D eigenvalue weighted by Crippen LogP contribution is 2.25. The summed E-state index contributed by atoms with van der Waals surface area (Å²) in [6, 6.07) is 8.76. The Labute approximate surface area is 142 Å². The van der Waals surface area contributed by atoms with Gasteiger partial charge in [0.1, 0.15) is 0 Å². The molecule has 128 valence electrons. The largest absolute Gasteiger partial charge is 0.347 e. The van der Waals surface area contributed by atoms with Crippen LogP contribution in [0.3, 0.4) is 0 Å². The first-order valence-corrected chi connectivity index (χ1v) is 9.29. The summed E-state index contributed by atoms with van der Waals surface area (Å²) in [5.41, 5.74) is 1.43. The number of benzene rings is 1. The SMILES string of the molecule is O=C(NC1CCCN(C2CCCCC2)C1)c1n[nH]c2ccccc12. The van der Waals surface area contributed by atoms with Crippen LogP contribution in [0, 0.1) is 0 Å². The molecule has 5 nitrogen and oxygen atoms in total. The summed E-state index contributed by atoms with van der Waals surface area (Å²) in [6.45, 7) is 2.17. The second-order valence-corrected chi connectivity index (χ2v) is 7.22. The fourth-order valence-corrected chi connectivity index (χ4v) is 4.29. The van der Waals surface area contributed by atoms with Gasteiger partial charge >= 0.3 is 0 Å². The van der Waals surface area contributed by atoms with Crippen molar-refractivity contribution in [1.82, 2.24) is 20.4 Å². The lowest BCUT2D eigenvalue weighted by atomic mass is 9.92. The molecule has 1 unspecified atom stereocenters. The Morgan fingerprint density at radius 2 is 1.96 bits per heavy atom. The summed E-state index contributed by atoms with van der Waals surface area (Å²) >= 11 is 0. The van der Waals surface area contributed by atoms with Crippen molar-refractivity contribution in [2.45, 2.75) is 57.0 Å². The van der Waals surface area contributed by atoms with E-state index < -0.39 is 0 Å². The van der Waals surface area contributed by atoms with Gasteiger partial charge in [-0.25, -0.2) is 0 Å². The van der Waals surface area contributed by atoms with Crippen LogP contribution in [-0.4, -0.2) is 46.2 Å². The second-order valence-electron chi connectivity index (χ2n) is 7.22. The number of carbonyl (C=O) groups is 1. The zero-order valence-corrected chi connectivity index (χ0v) is 14.1. The van der Waals surface area contributed by atoms with Crippen LogP contribution in [0.1, 0.15) is 55.4 Å². The Morgan fingerprint density at radius 1 is 1.12 bits per heavy atom. The molecule has 1 atom stereocenters. The summed E-state index contributed by atoms with van der Waals surface area (Å²) in [6.07, 6.45) is 8.99. The molecule has 2 fully saturated rings. The number of aromatic amines is 1. The van der Waals surface area contributed by atoms with Crippen LogP contribution < -0.4 is 5.32 Å². The zero-order valence-electron chi connectivity index (χ0n) is 14.1. The van der Waals surface area contributed by atoms with E-state index in [-0.39, 0.29) is 11.9 Å².